The zero-order chi connectivity index (χ0) is 11.1. The number of hydrazine groups is 1. The van der Waals surface area contributed by atoms with Crippen molar-refractivity contribution in [2.24, 2.45) is 5.84 Å². The number of unbranched alkanes of at least 4 members (excludes halogenated alkanes) is 1. The molecule has 0 radical (unpaired) electrons. The van der Waals surface area contributed by atoms with Crippen LogP contribution in [0.25, 0.3) is 0 Å². The molecule has 0 bridgehead atoms. The van der Waals surface area contributed by atoms with E-state index in [1.165, 1.54) is 37.2 Å². The molecule has 2 nitrogen and oxygen atoms in total. The van der Waals surface area contributed by atoms with E-state index < -0.39 is 0 Å². The molecule has 15 heavy (non-hydrogen) atoms. The summed E-state index contributed by atoms with van der Waals surface area (Å²) in [6.07, 6.45) is 5.04. The molecule has 0 aromatic heterocycles. The van der Waals surface area contributed by atoms with Crippen LogP contribution >= 0.6 is 23.5 Å². The van der Waals surface area contributed by atoms with E-state index in [0.29, 0.717) is 11.3 Å². The van der Waals surface area contributed by atoms with Gasteiger partial charge in [-0.1, -0.05) is 26.7 Å². The van der Waals surface area contributed by atoms with E-state index in [4.69, 9.17) is 5.84 Å². The highest BCUT2D eigenvalue weighted by molar-refractivity contribution is 8.07. The maximum absolute atomic E-state index is 5.69. The third-order valence-electron chi connectivity index (χ3n) is 2.97. The van der Waals surface area contributed by atoms with Gasteiger partial charge in [0.05, 0.1) is 0 Å². The molecule has 0 saturated carbocycles. The summed E-state index contributed by atoms with van der Waals surface area (Å²) >= 11 is 4.25. The molecule has 3 N–H and O–H groups in total. The van der Waals surface area contributed by atoms with Crippen LogP contribution in [-0.2, 0) is 0 Å². The highest BCUT2D eigenvalue weighted by Gasteiger charge is 2.30. The summed E-state index contributed by atoms with van der Waals surface area (Å²) in [7, 11) is 0. The van der Waals surface area contributed by atoms with E-state index in [1.54, 1.807) is 0 Å². The molecule has 0 aromatic carbocycles. The highest BCUT2D eigenvalue weighted by atomic mass is 32.2. The first-order chi connectivity index (χ1) is 7.33. The van der Waals surface area contributed by atoms with Crippen molar-refractivity contribution >= 4 is 23.5 Å². The maximum Gasteiger partial charge on any atom is 0.0340 e. The molecule has 3 unspecified atom stereocenters. The Morgan fingerprint density at radius 2 is 2.07 bits per heavy atom. The van der Waals surface area contributed by atoms with Crippen LogP contribution in [0.1, 0.15) is 39.5 Å². The monoisotopic (exact) mass is 248 g/mol. The molecule has 1 rings (SSSR count). The molecule has 1 aliphatic rings. The number of nitrogens with two attached hydrogens (primary N) is 1. The second kappa shape index (κ2) is 7.82. The van der Waals surface area contributed by atoms with Crippen LogP contribution in [0.15, 0.2) is 0 Å². The molecule has 90 valence electrons. The second-order valence-electron chi connectivity index (χ2n) is 4.07. The number of hydrogen-bond acceptors (Lipinski definition) is 4. The first-order valence-electron chi connectivity index (χ1n) is 6.02. The van der Waals surface area contributed by atoms with Crippen molar-refractivity contribution in [3.63, 3.8) is 0 Å². The molecule has 0 aliphatic carbocycles. The molecule has 0 spiro atoms. The van der Waals surface area contributed by atoms with Crippen molar-refractivity contribution in [2.45, 2.75) is 56.1 Å². The molecule has 0 aromatic rings. The summed E-state index contributed by atoms with van der Waals surface area (Å²) in [5, 5.41) is 1.51. The summed E-state index contributed by atoms with van der Waals surface area (Å²) in [5.74, 6) is 8.29. The van der Waals surface area contributed by atoms with Crippen molar-refractivity contribution in [3.8, 4) is 0 Å². The van der Waals surface area contributed by atoms with E-state index in [0.717, 1.165) is 5.25 Å². The molecule has 3 atom stereocenters. The van der Waals surface area contributed by atoms with Gasteiger partial charge in [0.25, 0.3) is 0 Å². The number of thioether (sulfide) groups is 2. The van der Waals surface area contributed by atoms with Crippen LogP contribution < -0.4 is 11.3 Å². The van der Waals surface area contributed by atoms with Gasteiger partial charge in [0, 0.05) is 28.0 Å². The molecular weight excluding hydrogens is 224 g/mol. The lowest BCUT2D eigenvalue weighted by Crippen LogP contribution is -2.48. The summed E-state index contributed by atoms with van der Waals surface area (Å²) in [4.78, 5) is 0. The van der Waals surface area contributed by atoms with Crippen LogP contribution in [0.3, 0.4) is 0 Å². The maximum atomic E-state index is 5.69. The second-order valence-corrected chi connectivity index (χ2v) is 6.70. The van der Waals surface area contributed by atoms with Crippen molar-refractivity contribution in [1.29, 1.82) is 0 Å². The van der Waals surface area contributed by atoms with Gasteiger partial charge in [0.1, 0.15) is 0 Å². The van der Waals surface area contributed by atoms with Crippen LogP contribution in [-0.4, -0.2) is 28.0 Å². The fraction of sp³-hybridized carbons (Fsp3) is 1.00. The number of hydrogen-bond donors (Lipinski definition) is 2. The van der Waals surface area contributed by atoms with Crippen molar-refractivity contribution < 1.29 is 0 Å². The first-order valence-corrected chi connectivity index (χ1v) is 8.12. The van der Waals surface area contributed by atoms with Crippen LogP contribution in [0.2, 0.25) is 0 Å². The zero-order valence-corrected chi connectivity index (χ0v) is 11.5. The van der Waals surface area contributed by atoms with Gasteiger partial charge in [0.15, 0.2) is 0 Å². The Balaban J connectivity index is 2.47. The third-order valence-corrected chi connectivity index (χ3v) is 6.38. The van der Waals surface area contributed by atoms with Gasteiger partial charge in [-0.25, -0.2) is 0 Å². The smallest absolute Gasteiger partial charge is 0.0340 e. The molecular formula is C11H24N2S2. The highest BCUT2D eigenvalue weighted by Crippen LogP contribution is 2.36. The number of nitrogens with one attached hydrogen (secondary N) is 1. The minimum atomic E-state index is 0.507. The largest absolute Gasteiger partial charge is 0.271 e. The Bertz CT molecular complexity index is 167. The topological polar surface area (TPSA) is 38.0 Å². The van der Waals surface area contributed by atoms with Gasteiger partial charge in [0.2, 0.25) is 0 Å². The third kappa shape index (κ3) is 4.17. The molecule has 1 fully saturated rings. The van der Waals surface area contributed by atoms with Crippen molar-refractivity contribution in [3.05, 3.63) is 0 Å². The van der Waals surface area contributed by atoms with Gasteiger partial charge in [-0.15, -0.1) is 0 Å². The minimum absolute atomic E-state index is 0.507. The van der Waals surface area contributed by atoms with E-state index >= 15 is 0 Å². The van der Waals surface area contributed by atoms with Gasteiger partial charge < -0.3 is 0 Å². The standard InChI is InChI=1S/C11H24N2S2/c1-3-5-6-9(13-12)11-10(4-2)14-7-8-15-11/h9-11,13H,3-8,12H2,1-2H3. The average Bonchev–Trinajstić information content (AvgIpc) is 2.30. The lowest BCUT2D eigenvalue weighted by Gasteiger charge is -2.35. The predicted molar refractivity (Wildman–Crippen MR) is 73.4 cm³/mol. The number of rotatable bonds is 6. The lowest BCUT2D eigenvalue weighted by atomic mass is 10.0. The van der Waals surface area contributed by atoms with Crippen molar-refractivity contribution in [1.82, 2.24) is 5.43 Å². The molecule has 1 aliphatic heterocycles. The SMILES string of the molecule is CCCCC(NN)C1SCCSC1CC. The summed E-state index contributed by atoms with van der Waals surface area (Å²) < 4.78 is 0. The Morgan fingerprint density at radius 3 is 2.67 bits per heavy atom. The Kier molecular flexibility index (Phi) is 7.14. The van der Waals surface area contributed by atoms with E-state index in [2.05, 4.69) is 42.8 Å². The molecule has 0 amide bonds. The minimum Gasteiger partial charge on any atom is -0.271 e. The Labute approximate surface area is 102 Å². The zero-order valence-electron chi connectivity index (χ0n) is 9.87. The fourth-order valence-corrected chi connectivity index (χ4v) is 5.36. The van der Waals surface area contributed by atoms with E-state index in [1.807, 2.05) is 0 Å². The summed E-state index contributed by atoms with van der Waals surface area (Å²) in [5.41, 5.74) is 3.04. The Hall–Kier alpha value is 0.620. The first kappa shape index (κ1) is 13.7. The summed E-state index contributed by atoms with van der Waals surface area (Å²) in [6.45, 7) is 4.54. The molecule has 4 heteroatoms. The summed E-state index contributed by atoms with van der Waals surface area (Å²) in [6, 6.07) is 0.507. The van der Waals surface area contributed by atoms with Gasteiger partial charge in [-0.2, -0.15) is 23.5 Å². The predicted octanol–water partition coefficient (Wildman–Crippen LogP) is 2.64. The van der Waals surface area contributed by atoms with E-state index in [9.17, 15) is 0 Å². The van der Waals surface area contributed by atoms with Gasteiger partial charge in [-0.3, -0.25) is 11.3 Å². The van der Waals surface area contributed by atoms with Crippen LogP contribution in [0.5, 0.6) is 0 Å². The molecule has 1 saturated heterocycles. The van der Waals surface area contributed by atoms with E-state index in [-0.39, 0.29) is 0 Å². The lowest BCUT2D eigenvalue weighted by molar-refractivity contribution is 0.450. The van der Waals surface area contributed by atoms with Crippen LogP contribution in [0, 0.1) is 0 Å². The Morgan fingerprint density at radius 1 is 1.33 bits per heavy atom. The fourth-order valence-electron chi connectivity index (χ4n) is 2.08. The quantitative estimate of drug-likeness (QED) is 0.560. The normalized spacial score (nSPS) is 29.0. The van der Waals surface area contributed by atoms with Crippen LogP contribution in [0.4, 0.5) is 0 Å². The van der Waals surface area contributed by atoms with Gasteiger partial charge in [-0.05, 0) is 12.8 Å². The van der Waals surface area contributed by atoms with Crippen molar-refractivity contribution in [2.75, 3.05) is 11.5 Å². The molecule has 1 heterocycles. The average molecular weight is 248 g/mol. The van der Waals surface area contributed by atoms with Gasteiger partial charge >= 0.3 is 0 Å².